The number of pyridine rings is 1. The van der Waals surface area contributed by atoms with Crippen LogP contribution in [-0.4, -0.2) is 47.0 Å². The number of fused-ring (bicyclic) bond motifs is 1. The molecule has 3 aromatic rings. The lowest BCUT2D eigenvalue weighted by Gasteiger charge is -2.34. The van der Waals surface area contributed by atoms with Gasteiger partial charge in [-0.1, -0.05) is 34.5 Å². The normalized spacial score (nSPS) is 15.0. The lowest BCUT2D eigenvalue weighted by Crippen LogP contribution is -2.48. The van der Waals surface area contributed by atoms with E-state index in [4.69, 9.17) is 23.2 Å². The largest absolute Gasteiger partial charge is 0.344 e. The minimum Gasteiger partial charge on any atom is -0.344 e. The predicted octanol–water partition coefficient (Wildman–Crippen LogP) is 4.36. The summed E-state index contributed by atoms with van der Waals surface area (Å²) in [6, 6.07) is 9.04. The minimum absolute atomic E-state index is 0.0309. The minimum atomic E-state index is -0.0309. The summed E-state index contributed by atoms with van der Waals surface area (Å²) in [5, 5.41) is 2.11. The number of piperazine rings is 1. The Morgan fingerprint density at radius 2 is 1.96 bits per heavy atom. The zero-order valence-corrected chi connectivity index (χ0v) is 16.6. The second-order valence-corrected chi connectivity index (χ2v) is 7.94. The molecule has 1 aromatic carbocycles. The summed E-state index contributed by atoms with van der Waals surface area (Å²) in [6.07, 6.45) is 5.04. The summed E-state index contributed by atoms with van der Waals surface area (Å²) >= 11 is 13.7. The van der Waals surface area contributed by atoms with Gasteiger partial charge >= 0.3 is 0 Å². The van der Waals surface area contributed by atoms with Crippen LogP contribution in [0.3, 0.4) is 0 Å². The Labute approximate surface area is 170 Å². The molecule has 3 heterocycles. The van der Waals surface area contributed by atoms with E-state index in [1.165, 1.54) is 0 Å². The van der Waals surface area contributed by atoms with Crippen molar-refractivity contribution < 1.29 is 4.79 Å². The van der Waals surface area contributed by atoms with Gasteiger partial charge in [-0.05, 0) is 42.0 Å². The molecule has 1 aliphatic heterocycles. The zero-order valence-electron chi connectivity index (χ0n) is 14.3. The third kappa shape index (κ3) is 4.08. The number of halogens is 2. The maximum atomic E-state index is 12.5. The van der Waals surface area contributed by atoms with Gasteiger partial charge in [0, 0.05) is 48.5 Å². The van der Waals surface area contributed by atoms with Crippen LogP contribution in [0, 0.1) is 0 Å². The van der Waals surface area contributed by atoms with Crippen LogP contribution in [-0.2, 0) is 4.79 Å². The number of thiazole rings is 1. The fourth-order valence-corrected chi connectivity index (χ4v) is 4.24. The highest BCUT2D eigenvalue weighted by molar-refractivity contribution is 7.21. The number of aromatic nitrogens is 2. The van der Waals surface area contributed by atoms with Crippen LogP contribution < -0.4 is 4.90 Å². The van der Waals surface area contributed by atoms with Gasteiger partial charge in [0.1, 0.15) is 10.3 Å². The Bertz CT molecular complexity index is 979. The number of rotatable bonds is 3. The molecule has 0 N–H and O–H groups in total. The molecule has 0 unspecified atom stereocenters. The number of hydrogen-bond acceptors (Lipinski definition) is 5. The van der Waals surface area contributed by atoms with Crippen molar-refractivity contribution in [1.82, 2.24) is 14.9 Å². The van der Waals surface area contributed by atoms with Gasteiger partial charge in [0.2, 0.25) is 5.91 Å². The molecule has 0 radical (unpaired) electrons. The SMILES string of the molecule is O=C(/C=C/c1cc(Cl)ccc1Cl)N1CCN(c2nc3cccnc3s2)CC1. The summed E-state index contributed by atoms with van der Waals surface area (Å²) in [4.78, 5) is 26.4. The molecular formula is C19H16Cl2N4OS. The average molecular weight is 419 g/mol. The summed E-state index contributed by atoms with van der Waals surface area (Å²) < 4.78 is 0. The van der Waals surface area contributed by atoms with Crippen molar-refractivity contribution in [3.8, 4) is 0 Å². The number of carbonyl (C=O) groups is 1. The van der Waals surface area contributed by atoms with Crippen LogP contribution >= 0.6 is 34.5 Å². The Kier molecular flexibility index (Phi) is 5.29. The summed E-state index contributed by atoms with van der Waals surface area (Å²) in [7, 11) is 0. The molecule has 0 atom stereocenters. The third-order valence-electron chi connectivity index (χ3n) is 4.38. The van der Waals surface area contributed by atoms with E-state index < -0.39 is 0 Å². The Hall–Kier alpha value is -2.15. The molecule has 8 heteroatoms. The van der Waals surface area contributed by atoms with Gasteiger partial charge in [0.15, 0.2) is 5.13 Å². The number of hydrogen-bond donors (Lipinski definition) is 0. The predicted molar refractivity (Wildman–Crippen MR) is 112 cm³/mol. The van der Waals surface area contributed by atoms with E-state index in [9.17, 15) is 4.79 Å². The molecule has 5 nitrogen and oxygen atoms in total. The van der Waals surface area contributed by atoms with Gasteiger partial charge in [-0.15, -0.1) is 0 Å². The van der Waals surface area contributed by atoms with E-state index >= 15 is 0 Å². The van der Waals surface area contributed by atoms with Crippen molar-refractivity contribution in [1.29, 1.82) is 0 Å². The number of amides is 1. The lowest BCUT2D eigenvalue weighted by atomic mass is 10.2. The molecule has 1 aliphatic rings. The van der Waals surface area contributed by atoms with E-state index in [0.29, 0.717) is 23.1 Å². The highest BCUT2D eigenvalue weighted by Crippen LogP contribution is 2.27. The quantitative estimate of drug-likeness (QED) is 0.592. The highest BCUT2D eigenvalue weighted by atomic mass is 35.5. The van der Waals surface area contributed by atoms with Crippen LogP contribution in [0.5, 0.6) is 0 Å². The fraction of sp³-hybridized carbons (Fsp3) is 0.211. The van der Waals surface area contributed by atoms with Gasteiger partial charge in [-0.3, -0.25) is 4.79 Å². The van der Waals surface area contributed by atoms with E-state index in [0.717, 1.165) is 34.1 Å². The fourth-order valence-electron chi connectivity index (χ4n) is 2.92. The van der Waals surface area contributed by atoms with Gasteiger partial charge in [0.25, 0.3) is 0 Å². The maximum absolute atomic E-state index is 12.5. The van der Waals surface area contributed by atoms with Crippen molar-refractivity contribution in [3.63, 3.8) is 0 Å². The number of benzene rings is 1. The number of nitrogens with zero attached hydrogens (tertiary/aromatic N) is 4. The Morgan fingerprint density at radius 3 is 2.74 bits per heavy atom. The lowest BCUT2D eigenvalue weighted by molar-refractivity contribution is -0.126. The van der Waals surface area contributed by atoms with Gasteiger partial charge < -0.3 is 9.80 Å². The van der Waals surface area contributed by atoms with Crippen LogP contribution in [0.25, 0.3) is 16.4 Å². The molecule has 4 rings (SSSR count). The van der Waals surface area contributed by atoms with Crippen LogP contribution in [0.15, 0.2) is 42.6 Å². The molecule has 27 heavy (non-hydrogen) atoms. The smallest absolute Gasteiger partial charge is 0.246 e. The second kappa shape index (κ2) is 7.84. The first-order valence-electron chi connectivity index (χ1n) is 8.49. The van der Waals surface area contributed by atoms with Crippen LogP contribution in [0.2, 0.25) is 10.0 Å². The molecule has 0 bridgehead atoms. The van der Waals surface area contributed by atoms with Gasteiger partial charge in [-0.25, -0.2) is 9.97 Å². The second-order valence-electron chi connectivity index (χ2n) is 6.14. The molecule has 138 valence electrons. The Morgan fingerprint density at radius 1 is 1.15 bits per heavy atom. The van der Waals surface area contributed by atoms with Crippen LogP contribution in [0.1, 0.15) is 5.56 Å². The zero-order chi connectivity index (χ0) is 18.8. The van der Waals surface area contributed by atoms with Crippen molar-refractivity contribution in [2.45, 2.75) is 0 Å². The molecule has 0 spiro atoms. The molecule has 0 saturated carbocycles. The van der Waals surface area contributed by atoms with E-state index in [-0.39, 0.29) is 5.91 Å². The highest BCUT2D eigenvalue weighted by Gasteiger charge is 2.22. The Balaban J connectivity index is 1.39. The summed E-state index contributed by atoms with van der Waals surface area (Å²) in [5.41, 5.74) is 1.65. The summed E-state index contributed by atoms with van der Waals surface area (Å²) in [6.45, 7) is 2.79. The number of carbonyl (C=O) groups excluding carboxylic acids is 1. The van der Waals surface area contributed by atoms with Crippen molar-refractivity contribution in [3.05, 3.63) is 58.2 Å². The third-order valence-corrected chi connectivity index (χ3v) is 6.00. The topological polar surface area (TPSA) is 49.3 Å². The van der Waals surface area contributed by atoms with Crippen LogP contribution in [0.4, 0.5) is 5.13 Å². The molecule has 2 aromatic heterocycles. The average Bonchev–Trinajstić information content (AvgIpc) is 3.13. The monoisotopic (exact) mass is 418 g/mol. The van der Waals surface area contributed by atoms with E-state index in [1.807, 2.05) is 17.0 Å². The number of anilines is 1. The molecule has 1 saturated heterocycles. The van der Waals surface area contributed by atoms with Crippen molar-refractivity contribution in [2.24, 2.45) is 0 Å². The maximum Gasteiger partial charge on any atom is 0.246 e. The standard InChI is InChI=1S/C19H16Cl2N4OS/c20-14-4-5-15(21)13(12-14)3-6-17(26)24-8-10-25(11-9-24)19-23-16-2-1-7-22-18(16)27-19/h1-7,12H,8-11H2/b6-3+. The van der Waals surface area contributed by atoms with Gasteiger partial charge in [0.05, 0.1) is 0 Å². The first kappa shape index (κ1) is 18.2. The van der Waals surface area contributed by atoms with E-state index in [1.54, 1.807) is 47.9 Å². The first-order chi connectivity index (χ1) is 13.1. The van der Waals surface area contributed by atoms with Gasteiger partial charge in [-0.2, -0.15) is 0 Å². The molecular weight excluding hydrogens is 403 g/mol. The molecule has 1 amide bonds. The summed E-state index contributed by atoms with van der Waals surface area (Å²) in [5.74, 6) is -0.0309. The first-order valence-corrected chi connectivity index (χ1v) is 10.1. The molecule has 1 fully saturated rings. The molecule has 0 aliphatic carbocycles. The van der Waals surface area contributed by atoms with Crippen molar-refractivity contribution in [2.75, 3.05) is 31.1 Å². The van der Waals surface area contributed by atoms with Crippen molar-refractivity contribution >= 4 is 62.0 Å². The van der Waals surface area contributed by atoms with E-state index in [2.05, 4.69) is 14.9 Å².